The summed E-state index contributed by atoms with van der Waals surface area (Å²) in [5, 5.41) is 0. The molecule has 0 amide bonds. The fourth-order valence-corrected chi connectivity index (χ4v) is 1.68. The first-order chi connectivity index (χ1) is 8.97. The first kappa shape index (κ1) is 13.3. The first-order valence-electron chi connectivity index (χ1n) is 6.19. The molecule has 2 aromatic rings. The minimum absolute atomic E-state index is 0.0769. The smallest absolute Gasteiger partial charge is 0.343 e. The second-order valence-corrected chi connectivity index (χ2v) is 5.40. The molecular formula is C16H17NO2. The number of pyridine rings is 1. The zero-order valence-electron chi connectivity index (χ0n) is 11.4. The summed E-state index contributed by atoms with van der Waals surface area (Å²) in [6, 6.07) is 10.8. The van der Waals surface area contributed by atoms with E-state index in [4.69, 9.17) is 4.74 Å². The average molecular weight is 255 g/mol. The molecule has 0 spiro atoms. The molecule has 0 N–H and O–H groups in total. The molecule has 98 valence electrons. The minimum Gasteiger partial charge on any atom is -0.423 e. The van der Waals surface area contributed by atoms with Crippen LogP contribution in [0.2, 0.25) is 0 Å². The number of carbonyl (C=O) groups is 1. The summed E-state index contributed by atoms with van der Waals surface area (Å²) in [4.78, 5) is 15.8. The van der Waals surface area contributed by atoms with Crippen molar-refractivity contribution in [2.75, 3.05) is 0 Å². The molecule has 3 heteroatoms. The Kier molecular flexibility index (Phi) is 3.65. The molecule has 0 atom stereocenters. The molecular weight excluding hydrogens is 238 g/mol. The van der Waals surface area contributed by atoms with E-state index < -0.39 is 0 Å². The molecule has 3 nitrogen and oxygen atoms in total. The van der Waals surface area contributed by atoms with Gasteiger partial charge in [-0.1, -0.05) is 32.9 Å². The molecule has 1 aromatic carbocycles. The number of carbonyl (C=O) groups excluding carboxylic acids is 1. The largest absolute Gasteiger partial charge is 0.423 e. The predicted octanol–water partition coefficient (Wildman–Crippen LogP) is 3.60. The summed E-state index contributed by atoms with van der Waals surface area (Å²) in [6.45, 7) is 6.41. The number of benzene rings is 1. The zero-order valence-corrected chi connectivity index (χ0v) is 11.4. The van der Waals surface area contributed by atoms with E-state index in [1.807, 2.05) is 12.1 Å². The van der Waals surface area contributed by atoms with Crippen molar-refractivity contribution in [2.45, 2.75) is 26.2 Å². The van der Waals surface area contributed by atoms with E-state index >= 15 is 0 Å². The fraction of sp³-hybridized carbons (Fsp3) is 0.250. The van der Waals surface area contributed by atoms with E-state index in [1.54, 1.807) is 36.7 Å². The van der Waals surface area contributed by atoms with Crippen LogP contribution in [0.25, 0.3) is 0 Å². The number of nitrogens with zero attached hydrogens (tertiary/aromatic N) is 1. The first-order valence-corrected chi connectivity index (χ1v) is 6.19. The molecule has 0 aliphatic carbocycles. The van der Waals surface area contributed by atoms with Crippen LogP contribution in [0.3, 0.4) is 0 Å². The van der Waals surface area contributed by atoms with E-state index in [1.165, 1.54) is 5.56 Å². The number of esters is 1. The third-order valence-electron chi connectivity index (χ3n) is 2.85. The van der Waals surface area contributed by atoms with Gasteiger partial charge in [-0.25, -0.2) is 4.79 Å². The Bertz CT molecular complexity index is 554. The number of aromatic nitrogens is 1. The van der Waals surface area contributed by atoms with Crippen LogP contribution < -0.4 is 4.74 Å². The highest BCUT2D eigenvalue weighted by molar-refractivity contribution is 5.91. The summed E-state index contributed by atoms with van der Waals surface area (Å²) in [5.74, 6) is 0.145. The van der Waals surface area contributed by atoms with Gasteiger partial charge in [-0.3, -0.25) is 4.98 Å². The monoisotopic (exact) mass is 255 g/mol. The van der Waals surface area contributed by atoms with E-state index in [0.717, 1.165) is 0 Å². The van der Waals surface area contributed by atoms with Crippen molar-refractivity contribution < 1.29 is 9.53 Å². The van der Waals surface area contributed by atoms with Crippen LogP contribution in [0.15, 0.2) is 48.8 Å². The van der Waals surface area contributed by atoms with Crippen molar-refractivity contribution in [1.29, 1.82) is 0 Å². The molecule has 0 radical (unpaired) electrons. The lowest BCUT2D eigenvalue weighted by Gasteiger charge is -2.18. The lowest BCUT2D eigenvalue weighted by atomic mass is 9.87. The van der Waals surface area contributed by atoms with Gasteiger partial charge >= 0.3 is 5.97 Å². The number of ether oxygens (including phenoxy) is 1. The Morgan fingerprint density at radius 2 is 1.58 bits per heavy atom. The molecule has 0 unspecified atom stereocenters. The molecule has 19 heavy (non-hydrogen) atoms. The van der Waals surface area contributed by atoms with Gasteiger partial charge in [0.25, 0.3) is 0 Å². The summed E-state index contributed by atoms with van der Waals surface area (Å²) in [6.07, 6.45) is 3.18. The van der Waals surface area contributed by atoms with Crippen LogP contribution in [0.1, 0.15) is 36.7 Å². The minimum atomic E-state index is -0.355. The molecule has 0 saturated carbocycles. The maximum Gasteiger partial charge on any atom is 0.343 e. The third kappa shape index (κ3) is 3.41. The molecule has 0 aliphatic heterocycles. The molecule has 0 saturated heterocycles. The number of hydrogen-bond acceptors (Lipinski definition) is 3. The quantitative estimate of drug-likeness (QED) is 0.770. The van der Waals surface area contributed by atoms with E-state index in [0.29, 0.717) is 11.3 Å². The van der Waals surface area contributed by atoms with Gasteiger partial charge in [0.2, 0.25) is 0 Å². The third-order valence-corrected chi connectivity index (χ3v) is 2.85. The van der Waals surface area contributed by atoms with Gasteiger partial charge in [0.15, 0.2) is 0 Å². The van der Waals surface area contributed by atoms with Crippen LogP contribution in [-0.2, 0) is 5.41 Å². The second-order valence-electron chi connectivity index (χ2n) is 5.40. The maximum absolute atomic E-state index is 11.9. The van der Waals surface area contributed by atoms with Crippen molar-refractivity contribution in [3.8, 4) is 5.75 Å². The van der Waals surface area contributed by atoms with Gasteiger partial charge in [-0.15, -0.1) is 0 Å². The topological polar surface area (TPSA) is 39.2 Å². The highest BCUT2D eigenvalue weighted by Gasteiger charge is 2.15. The van der Waals surface area contributed by atoms with Crippen LogP contribution >= 0.6 is 0 Å². The fourth-order valence-electron chi connectivity index (χ4n) is 1.68. The maximum atomic E-state index is 11.9. The van der Waals surface area contributed by atoms with Crippen molar-refractivity contribution in [3.05, 3.63) is 59.9 Å². The van der Waals surface area contributed by atoms with Crippen LogP contribution in [0, 0.1) is 0 Å². The standard InChI is InChI=1S/C16H17NO2/c1-16(2,3)13-6-4-12(5-7-13)15(18)19-14-8-10-17-11-9-14/h4-11H,1-3H3. The van der Waals surface area contributed by atoms with Crippen molar-refractivity contribution in [2.24, 2.45) is 0 Å². The lowest BCUT2D eigenvalue weighted by molar-refractivity contribution is 0.0734. The lowest BCUT2D eigenvalue weighted by Crippen LogP contribution is -2.12. The van der Waals surface area contributed by atoms with Crippen LogP contribution in [-0.4, -0.2) is 11.0 Å². The summed E-state index contributed by atoms with van der Waals surface area (Å²) in [5.41, 5.74) is 1.81. The van der Waals surface area contributed by atoms with E-state index in [9.17, 15) is 4.79 Å². The van der Waals surface area contributed by atoms with Crippen LogP contribution in [0.5, 0.6) is 5.75 Å². The Morgan fingerprint density at radius 3 is 2.11 bits per heavy atom. The van der Waals surface area contributed by atoms with Gasteiger partial charge in [-0.2, -0.15) is 0 Å². The molecule has 0 bridgehead atoms. The molecule has 0 fully saturated rings. The van der Waals surface area contributed by atoms with Gasteiger partial charge in [0, 0.05) is 12.4 Å². The van der Waals surface area contributed by atoms with Crippen molar-refractivity contribution in [1.82, 2.24) is 4.98 Å². The second kappa shape index (κ2) is 5.22. The summed E-state index contributed by atoms with van der Waals surface area (Å²) < 4.78 is 5.25. The van der Waals surface area contributed by atoms with E-state index in [2.05, 4.69) is 25.8 Å². The molecule has 1 aromatic heterocycles. The highest BCUT2D eigenvalue weighted by Crippen LogP contribution is 2.22. The Balaban J connectivity index is 2.12. The summed E-state index contributed by atoms with van der Waals surface area (Å²) in [7, 11) is 0. The SMILES string of the molecule is CC(C)(C)c1ccc(C(=O)Oc2ccncc2)cc1. The van der Waals surface area contributed by atoms with Gasteiger partial charge < -0.3 is 4.74 Å². The highest BCUT2D eigenvalue weighted by atomic mass is 16.5. The number of hydrogen-bond donors (Lipinski definition) is 0. The van der Waals surface area contributed by atoms with Gasteiger partial charge in [0.1, 0.15) is 5.75 Å². The molecule has 1 heterocycles. The Morgan fingerprint density at radius 1 is 1.00 bits per heavy atom. The average Bonchev–Trinajstić information content (AvgIpc) is 2.39. The van der Waals surface area contributed by atoms with Crippen molar-refractivity contribution >= 4 is 5.97 Å². The molecule has 0 aliphatic rings. The van der Waals surface area contributed by atoms with Gasteiger partial charge in [-0.05, 0) is 35.2 Å². The Labute approximate surface area is 113 Å². The Hall–Kier alpha value is -2.16. The van der Waals surface area contributed by atoms with Crippen molar-refractivity contribution in [3.63, 3.8) is 0 Å². The number of rotatable bonds is 2. The predicted molar refractivity (Wildman–Crippen MR) is 74.3 cm³/mol. The van der Waals surface area contributed by atoms with E-state index in [-0.39, 0.29) is 11.4 Å². The zero-order chi connectivity index (χ0) is 13.9. The molecule has 2 rings (SSSR count). The van der Waals surface area contributed by atoms with Crippen LogP contribution in [0.4, 0.5) is 0 Å². The normalized spacial score (nSPS) is 11.1. The summed E-state index contributed by atoms with van der Waals surface area (Å²) >= 11 is 0. The van der Waals surface area contributed by atoms with Gasteiger partial charge in [0.05, 0.1) is 5.56 Å².